The molecule has 1 aliphatic heterocycles. The molecule has 5 nitrogen and oxygen atoms in total. The van der Waals surface area contributed by atoms with Crippen LogP contribution in [0.1, 0.15) is 339 Å². The Bertz CT molecular complexity index is 2120. The average Bonchev–Trinajstić information content (AvgIpc) is 3.52. The molecule has 0 aromatic heterocycles. The van der Waals surface area contributed by atoms with Gasteiger partial charge in [0.1, 0.15) is 24.9 Å². The highest BCUT2D eigenvalue weighted by Gasteiger charge is 2.22. The number of hydrogen-bond acceptors (Lipinski definition) is 4. The van der Waals surface area contributed by atoms with E-state index in [1.54, 1.807) is 12.1 Å². The molecule has 0 atom stereocenters. The van der Waals surface area contributed by atoms with Gasteiger partial charge in [-0.15, -0.1) is 0 Å². The molecule has 0 unspecified atom stereocenters. The number of aromatic carboxylic acids is 1. The number of unbranched alkanes of at least 4 members (excludes halogenated alkanes) is 45. The van der Waals surface area contributed by atoms with Gasteiger partial charge in [0.2, 0.25) is 5.36 Å². The molecule has 0 spiro atoms. The topological polar surface area (TPSA) is 59.5 Å². The summed E-state index contributed by atoms with van der Waals surface area (Å²) in [4.78, 5) is 15.3. The van der Waals surface area contributed by atoms with Crippen LogP contribution in [0.15, 0.2) is 65.1 Å². The van der Waals surface area contributed by atoms with Crippen LogP contribution in [0.25, 0.3) is 33.4 Å². The highest BCUT2D eigenvalue weighted by atomic mass is 16.4. The van der Waals surface area contributed by atoms with Crippen LogP contribution in [0, 0.1) is 0 Å². The second kappa shape index (κ2) is 46.8. The van der Waals surface area contributed by atoms with Crippen molar-refractivity contribution in [3.63, 3.8) is 0 Å². The Morgan fingerprint density at radius 3 is 1.16 bits per heavy atom. The number of carboxylic acid groups (broad SMARTS) is 1. The summed E-state index contributed by atoms with van der Waals surface area (Å²) in [5, 5.41) is 14.7. The van der Waals surface area contributed by atoms with Gasteiger partial charge in [-0.25, -0.2) is 4.58 Å². The molecule has 0 fully saturated rings. The van der Waals surface area contributed by atoms with Gasteiger partial charge in [0.25, 0.3) is 0 Å². The van der Waals surface area contributed by atoms with E-state index in [2.05, 4.69) is 73.7 Å². The van der Waals surface area contributed by atoms with Crippen molar-refractivity contribution in [2.24, 2.45) is 0 Å². The van der Waals surface area contributed by atoms with Gasteiger partial charge >= 0.3 is 0 Å². The number of hydrogen-bond donors (Lipinski definition) is 0. The molecule has 2 aliphatic rings. The zero-order chi connectivity index (χ0) is 56.8. The molecular formula is C75H124N2O3. The van der Waals surface area contributed by atoms with Crippen molar-refractivity contribution in [1.29, 1.82) is 0 Å². The molecule has 0 saturated heterocycles. The predicted octanol–water partition coefficient (Wildman–Crippen LogP) is 22.6. The Morgan fingerprint density at radius 2 is 0.775 bits per heavy atom. The summed E-state index contributed by atoms with van der Waals surface area (Å²) in [6.07, 6.45) is 66.1. The molecule has 2 aromatic rings. The largest absolute Gasteiger partial charge is 0.545 e. The fourth-order valence-corrected chi connectivity index (χ4v) is 12.6. The fraction of sp³-hybridized carbons (Fsp3) is 0.733. The van der Waals surface area contributed by atoms with Crippen molar-refractivity contribution in [2.45, 2.75) is 329 Å². The lowest BCUT2D eigenvalue weighted by Gasteiger charge is -2.26. The molecule has 80 heavy (non-hydrogen) atoms. The molecule has 0 bridgehead atoms. The number of anilines is 1. The number of carboxylic acids is 1. The molecule has 2 aromatic carbocycles. The van der Waals surface area contributed by atoms with E-state index in [1.807, 2.05) is 12.1 Å². The van der Waals surface area contributed by atoms with E-state index < -0.39 is 5.97 Å². The molecule has 452 valence electrons. The summed E-state index contributed by atoms with van der Waals surface area (Å²) in [7, 11) is 2.20. The van der Waals surface area contributed by atoms with E-state index in [0.717, 1.165) is 52.8 Å². The van der Waals surface area contributed by atoms with Crippen molar-refractivity contribution in [2.75, 3.05) is 31.6 Å². The molecule has 1 heterocycles. The van der Waals surface area contributed by atoms with Crippen LogP contribution >= 0.6 is 0 Å². The quantitative estimate of drug-likeness (QED) is 0.0251. The van der Waals surface area contributed by atoms with Gasteiger partial charge in [0.05, 0.1) is 12.0 Å². The summed E-state index contributed by atoms with van der Waals surface area (Å²) < 4.78 is 9.35. The van der Waals surface area contributed by atoms with Crippen LogP contribution in [0.4, 0.5) is 5.69 Å². The average molecular weight is 1100 g/mol. The third-order valence-corrected chi connectivity index (χ3v) is 17.8. The third kappa shape index (κ3) is 30.1. The summed E-state index contributed by atoms with van der Waals surface area (Å²) >= 11 is 0. The second-order valence-electron chi connectivity index (χ2n) is 25.0. The van der Waals surface area contributed by atoms with Crippen LogP contribution in [-0.2, 0) is 0 Å². The van der Waals surface area contributed by atoms with E-state index in [4.69, 9.17) is 4.42 Å². The van der Waals surface area contributed by atoms with Gasteiger partial charge in [-0.2, -0.15) is 0 Å². The zero-order valence-electron chi connectivity index (χ0n) is 53.0. The Balaban J connectivity index is 1.37. The maximum absolute atomic E-state index is 12.7. The van der Waals surface area contributed by atoms with Gasteiger partial charge in [0, 0.05) is 59.4 Å². The van der Waals surface area contributed by atoms with Crippen LogP contribution in [-0.4, -0.2) is 32.7 Å². The van der Waals surface area contributed by atoms with Crippen molar-refractivity contribution in [3.8, 4) is 22.5 Å². The predicted molar refractivity (Wildman–Crippen MR) is 350 cm³/mol. The van der Waals surface area contributed by atoms with Crippen molar-refractivity contribution >= 4 is 22.6 Å². The van der Waals surface area contributed by atoms with Crippen molar-refractivity contribution < 1.29 is 14.3 Å². The first kappa shape index (κ1) is 68.9. The van der Waals surface area contributed by atoms with Crippen molar-refractivity contribution in [3.05, 3.63) is 71.6 Å². The normalized spacial score (nSPS) is 12.1. The van der Waals surface area contributed by atoms with Crippen LogP contribution in [0.5, 0.6) is 0 Å². The summed E-state index contributed by atoms with van der Waals surface area (Å²) in [6.45, 7) is 10.00. The first-order valence-electron chi connectivity index (χ1n) is 35.1. The highest BCUT2D eigenvalue weighted by molar-refractivity contribution is 6.07. The fourth-order valence-electron chi connectivity index (χ4n) is 12.6. The molecular weight excluding hydrogens is 977 g/mol. The Hall–Kier alpha value is -3.60. The monoisotopic (exact) mass is 1100 g/mol. The van der Waals surface area contributed by atoms with E-state index in [9.17, 15) is 9.90 Å². The van der Waals surface area contributed by atoms with Gasteiger partial charge in [-0.05, 0) is 43.0 Å². The maximum atomic E-state index is 12.7. The lowest BCUT2D eigenvalue weighted by atomic mass is 9.90. The highest BCUT2D eigenvalue weighted by Crippen LogP contribution is 2.42. The lowest BCUT2D eigenvalue weighted by Crippen LogP contribution is -2.27. The maximum Gasteiger partial charge on any atom is 0.203 e. The smallest absolute Gasteiger partial charge is 0.203 e. The number of rotatable bonds is 54. The Morgan fingerprint density at radius 1 is 0.412 bits per heavy atom. The van der Waals surface area contributed by atoms with Gasteiger partial charge in [0.15, 0.2) is 0 Å². The minimum Gasteiger partial charge on any atom is -0.545 e. The van der Waals surface area contributed by atoms with E-state index in [1.165, 1.54) is 314 Å². The second-order valence-corrected chi connectivity index (χ2v) is 25.0. The van der Waals surface area contributed by atoms with Gasteiger partial charge < -0.3 is 19.2 Å². The lowest BCUT2D eigenvalue weighted by molar-refractivity contribution is -0.254. The van der Waals surface area contributed by atoms with Crippen molar-refractivity contribution in [1.82, 2.24) is 4.58 Å². The van der Waals surface area contributed by atoms with Crippen LogP contribution in [0.2, 0.25) is 0 Å². The number of carbonyl (C=O) groups is 1. The molecule has 0 saturated carbocycles. The zero-order valence-corrected chi connectivity index (χ0v) is 53.0. The summed E-state index contributed by atoms with van der Waals surface area (Å²) in [5.41, 5.74) is 4.73. The number of fused-ring (bicyclic) bond motifs is 2. The van der Waals surface area contributed by atoms with E-state index >= 15 is 0 Å². The first-order chi connectivity index (χ1) is 39.5. The first-order valence-corrected chi connectivity index (χ1v) is 35.1. The van der Waals surface area contributed by atoms with Crippen LogP contribution < -0.4 is 19.9 Å². The molecule has 0 amide bonds. The number of benzene rings is 3. The van der Waals surface area contributed by atoms with Gasteiger partial charge in [-0.1, -0.05) is 328 Å². The molecule has 4 rings (SSSR count). The van der Waals surface area contributed by atoms with E-state index in [0.29, 0.717) is 5.56 Å². The van der Waals surface area contributed by atoms with Gasteiger partial charge in [-0.3, -0.25) is 0 Å². The SMILES string of the molecule is CCCCCCCCCCCCCCCCCCN(CCCCCCCCCCCCCCCCCC)c1ccc2c(-c3ccccc3C(=O)[O-])c3ccc(=[N+](C)CCCCCCCCCCCCCCCCCC)cc-3oc2c1. The Kier molecular flexibility index (Phi) is 40.3. The molecule has 0 radical (unpaired) electrons. The Labute approximate surface area is 493 Å². The number of carbonyl (C=O) groups excluding carboxylic acids is 1. The number of nitrogens with zero attached hydrogens (tertiary/aromatic N) is 2. The van der Waals surface area contributed by atoms with Crippen LogP contribution in [0.3, 0.4) is 0 Å². The molecule has 5 heteroatoms. The van der Waals surface area contributed by atoms with E-state index in [-0.39, 0.29) is 5.56 Å². The minimum atomic E-state index is -1.15. The molecule has 1 aliphatic carbocycles. The minimum absolute atomic E-state index is 0.212. The summed E-state index contributed by atoms with van der Waals surface area (Å²) in [6, 6.07) is 20.6. The third-order valence-electron chi connectivity index (χ3n) is 17.8. The summed E-state index contributed by atoms with van der Waals surface area (Å²) in [5.74, 6) is -0.366. The standard InChI is InChI=1S/C75H124N2O3/c1-5-8-11-14-17-20-23-26-29-32-35-38-41-44-47-52-61-76(4)66-57-59-70-72(64-66)80-73-65-67(58-60-71(73)74(70)68-55-50-51-56-69(68)75(78)79)77(62-53-48-45-42-39-36-33-30-27-24-21-18-15-12-9-6-2)63-54-49-46-43-40-37-34-31-28-25-22-19-16-13-10-7-3/h50-51,55-60,64-65H,5-49,52-54,61-63H2,1-4H3. The molecule has 0 N–H and O–H groups in total.